The molecule has 142 valence electrons. The van der Waals surface area contributed by atoms with Crippen LogP contribution in [-0.2, 0) is 4.79 Å². The predicted molar refractivity (Wildman–Crippen MR) is 109 cm³/mol. The van der Waals surface area contributed by atoms with Gasteiger partial charge >= 0.3 is 0 Å². The molecule has 0 aliphatic carbocycles. The number of phenolic OH excluding ortho intramolecular Hbond substituents is 1. The lowest BCUT2D eigenvalue weighted by atomic mass is 10.0. The normalized spacial score (nSPS) is 11.2. The maximum Gasteiger partial charge on any atom is 0.224 e. The first-order chi connectivity index (χ1) is 13.6. The van der Waals surface area contributed by atoms with E-state index in [4.69, 9.17) is 0 Å². The fourth-order valence-corrected chi connectivity index (χ4v) is 2.80. The first kappa shape index (κ1) is 19.3. The Morgan fingerprint density at radius 1 is 0.964 bits per heavy atom. The van der Waals surface area contributed by atoms with Crippen molar-refractivity contribution in [2.24, 2.45) is 4.99 Å². The first-order valence-corrected chi connectivity index (χ1v) is 9.07. The average molecular weight is 376 g/mol. The lowest BCUT2D eigenvalue weighted by Gasteiger charge is -2.10. The molecule has 0 aliphatic rings. The molecular weight excluding hydrogens is 355 g/mol. The van der Waals surface area contributed by atoms with E-state index in [9.17, 15) is 14.3 Å². The van der Waals surface area contributed by atoms with Crippen LogP contribution in [0.25, 0.3) is 0 Å². The number of aromatic hydroxyl groups is 1. The fourth-order valence-electron chi connectivity index (χ4n) is 2.80. The van der Waals surface area contributed by atoms with Gasteiger partial charge in [-0.15, -0.1) is 0 Å². The first-order valence-electron chi connectivity index (χ1n) is 9.07. The highest BCUT2D eigenvalue weighted by Gasteiger charge is 2.12. The monoisotopic (exact) mass is 376 g/mol. The lowest BCUT2D eigenvalue weighted by molar-refractivity contribution is -0.116. The van der Waals surface area contributed by atoms with Crippen LogP contribution in [0.2, 0.25) is 0 Å². The quantitative estimate of drug-likeness (QED) is 0.460. The Morgan fingerprint density at radius 3 is 2.36 bits per heavy atom. The maximum atomic E-state index is 13.7. The van der Waals surface area contributed by atoms with Gasteiger partial charge in [-0.2, -0.15) is 0 Å². The molecule has 3 rings (SSSR count). The standard InChI is InChI=1S/C23H21FN2O2/c24-18-13-14-21(27)20(16-18)23(17-8-3-1-4-9-17)25-15-7-12-22(28)26-19-10-5-2-6-11-19/h1-6,8-11,13-14,16,27H,7,12,15H2,(H,26,28). The van der Waals surface area contributed by atoms with Crippen LogP contribution in [0, 0.1) is 5.82 Å². The number of benzene rings is 3. The molecule has 0 spiro atoms. The van der Waals surface area contributed by atoms with E-state index in [0.717, 1.165) is 11.3 Å². The summed E-state index contributed by atoms with van der Waals surface area (Å²) in [5.74, 6) is -0.569. The highest BCUT2D eigenvalue weighted by Crippen LogP contribution is 2.22. The van der Waals surface area contributed by atoms with Crippen LogP contribution in [0.5, 0.6) is 5.75 Å². The summed E-state index contributed by atoms with van der Waals surface area (Å²) < 4.78 is 13.7. The summed E-state index contributed by atoms with van der Waals surface area (Å²) in [4.78, 5) is 16.6. The van der Waals surface area contributed by atoms with Crippen molar-refractivity contribution < 1.29 is 14.3 Å². The maximum absolute atomic E-state index is 13.7. The van der Waals surface area contributed by atoms with Crippen molar-refractivity contribution in [3.8, 4) is 5.75 Å². The van der Waals surface area contributed by atoms with Gasteiger partial charge in [0.1, 0.15) is 11.6 Å². The van der Waals surface area contributed by atoms with E-state index in [-0.39, 0.29) is 11.7 Å². The van der Waals surface area contributed by atoms with Crippen molar-refractivity contribution in [1.29, 1.82) is 0 Å². The second-order valence-electron chi connectivity index (χ2n) is 6.28. The zero-order valence-corrected chi connectivity index (χ0v) is 15.3. The fraction of sp³-hybridized carbons (Fsp3) is 0.130. The molecule has 1 amide bonds. The molecule has 0 aromatic heterocycles. The summed E-state index contributed by atoms with van der Waals surface area (Å²) in [6.07, 6.45) is 0.848. The van der Waals surface area contributed by atoms with Gasteiger partial charge in [0.25, 0.3) is 0 Å². The van der Waals surface area contributed by atoms with Gasteiger partial charge < -0.3 is 10.4 Å². The third kappa shape index (κ3) is 5.27. The number of para-hydroxylation sites is 1. The number of halogens is 1. The minimum atomic E-state index is -0.446. The molecule has 4 nitrogen and oxygen atoms in total. The lowest BCUT2D eigenvalue weighted by Crippen LogP contribution is -2.12. The summed E-state index contributed by atoms with van der Waals surface area (Å²) in [5, 5.41) is 13.0. The minimum Gasteiger partial charge on any atom is -0.507 e. The highest BCUT2D eigenvalue weighted by molar-refractivity contribution is 6.14. The third-order valence-corrected chi connectivity index (χ3v) is 4.15. The third-order valence-electron chi connectivity index (χ3n) is 4.15. The Balaban J connectivity index is 1.70. The van der Waals surface area contributed by atoms with E-state index in [0.29, 0.717) is 30.7 Å². The molecule has 0 atom stereocenters. The van der Waals surface area contributed by atoms with Crippen molar-refractivity contribution >= 4 is 17.3 Å². The van der Waals surface area contributed by atoms with E-state index in [2.05, 4.69) is 10.3 Å². The topological polar surface area (TPSA) is 61.7 Å². The highest BCUT2D eigenvalue weighted by atomic mass is 19.1. The molecule has 28 heavy (non-hydrogen) atoms. The summed E-state index contributed by atoms with van der Waals surface area (Å²) in [6.45, 7) is 0.377. The Labute approximate surface area is 163 Å². The van der Waals surface area contributed by atoms with Crippen LogP contribution in [-0.4, -0.2) is 23.3 Å². The number of carbonyl (C=O) groups excluding carboxylic acids is 1. The average Bonchev–Trinajstić information content (AvgIpc) is 2.71. The Morgan fingerprint density at radius 2 is 1.64 bits per heavy atom. The number of nitrogens with one attached hydrogen (secondary N) is 1. The summed E-state index contributed by atoms with van der Waals surface area (Å²) >= 11 is 0. The van der Waals surface area contributed by atoms with Crippen molar-refractivity contribution in [2.45, 2.75) is 12.8 Å². The minimum absolute atomic E-state index is 0.0363. The van der Waals surface area contributed by atoms with Crippen LogP contribution in [0.15, 0.2) is 83.9 Å². The van der Waals surface area contributed by atoms with E-state index < -0.39 is 5.82 Å². The zero-order chi connectivity index (χ0) is 19.8. The van der Waals surface area contributed by atoms with E-state index in [1.807, 2.05) is 60.7 Å². The number of nitrogens with zero attached hydrogens (tertiary/aromatic N) is 1. The molecule has 0 bridgehead atoms. The molecule has 0 heterocycles. The van der Waals surface area contributed by atoms with Gasteiger partial charge in [0, 0.05) is 29.8 Å². The van der Waals surface area contributed by atoms with Crippen LogP contribution in [0.1, 0.15) is 24.0 Å². The van der Waals surface area contributed by atoms with Crippen molar-refractivity contribution in [3.05, 3.63) is 95.8 Å². The molecule has 0 saturated heterocycles. The summed E-state index contributed by atoms with van der Waals surface area (Å²) in [5.41, 5.74) is 2.36. The smallest absolute Gasteiger partial charge is 0.224 e. The van der Waals surface area contributed by atoms with Gasteiger partial charge in [0.15, 0.2) is 0 Å². The van der Waals surface area contributed by atoms with Gasteiger partial charge in [0.2, 0.25) is 5.91 Å². The second-order valence-corrected chi connectivity index (χ2v) is 6.28. The van der Waals surface area contributed by atoms with Crippen LogP contribution >= 0.6 is 0 Å². The number of aliphatic imine (C=N–C) groups is 1. The molecule has 5 heteroatoms. The second kappa shape index (κ2) is 9.46. The number of hydrogen-bond donors (Lipinski definition) is 2. The SMILES string of the molecule is O=C(CCCN=C(c1ccccc1)c1cc(F)ccc1O)Nc1ccccc1. The number of carbonyl (C=O) groups is 1. The number of anilines is 1. The molecule has 0 saturated carbocycles. The van der Waals surface area contributed by atoms with E-state index in [1.54, 1.807) is 0 Å². The van der Waals surface area contributed by atoms with Gasteiger partial charge in [-0.05, 0) is 36.8 Å². The van der Waals surface area contributed by atoms with Crippen molar-refractivity contribution in [3.63, 3.8) is 0 Å². The Bertz CT molecular complexity index is 957. The van der Waals surface area contributed by atoms with Crippen LogP contribution in [0.3, 0.4) is 0 Å². The molecule has 0 unspecified atom stereocenters. The summed E-state index contributed by atoms with van der Waals surface area (Å²) in [6, 6.07) is 22.3. The molecule has 0 radical (unpaired) electrons. The van der Waals surface area contributed by atoms with E-state index >= 15 is 0 Å². The Hall–Kier alpha value is -3.47. The number of rotatable bonds is 7. The van der Waals surface area contributed by atoms with Gasteiger partial charge in [0.05, 0.1) is 5.71 Å². The van der Waals surface area contributed by atoms with E-state index in [1.165, 1.54) is 18.2 Å². The molecular formula is C23H21FN2O2. The zero-order valence-electron chi connectivity index (χ0n) is 15.3. The molecule has 2 N–H and O–H groups in total. The molecule has 0 aliphatic heterocycles. The van der Waals surface area contributed by atoms with Crippen LogP contribution < -0.4 is 5.32 Å². The van der Waals surface area contributed by atoms with Gasteiger partial charge in [-0.25, -0.2) is 4.39 Å². The van der Waals surface area contributed by atoms with Crippen molar-refractivity contribution in [1.82, 2.24) is 0 Å². The number of hydrogen-bond acceptors (Lipinski definition) is 3. The molecule has 0 fully saturated rings. The van der Waals surface area contributed by atoms with Gasteiger partial charge in [-0.1, -0.05) is 48.5 Å². The number of phenols is 1. The summed E-state index contributed by atoms with van der Waals surface area (Å²) in [7, 11) is 0. The van der Waals surface area contributed by atoms with Gasteiger partial charge in [-0.3, -0.25) is 9.79 Å². The predicted octanol–water partition coefficient (Wildman–Crippen LogP) is 4.79. The van der Waals surface area contributed by atoms with Crippen LogP contribution in [0.4, 0.5) is 10.1 Å². The largest absolute Gasteiger partial charge is 0.507 e. The van der Waals surface area contributed by atoms with Crippen molar-refractivity contribution in [2.75, 3.05) is 11.9 Å². The molecule has 3 aromatic rings. The Kier molecular flexibility index (Phi) is 6.52. The number of amides is 1. The molecule has 3 aromatic carbocycles.